The molecule has 0 bridgehead atoms. The molecule has 0 unspecified atom stereocenters. The van der Waals surface area contributed by atoms with Gasteiger partial charge >= 0.3 is 0 Å². The number of aromatic nitrogens is 3. The van der Waals surface area contributed by atoms with Crippen LogP contribution >= 0.6 is 0 Å². The number of carbonyl (C=O) groups excluding carboxylic acids is 2. The second-order valence-electron chi connectivity index (χ2n) is 7.76. The van der Waals surface area contributed by atoms with Gasteiger partial charge in [0.15, 0.2) is 11.5 Å². The van der Waals surface area contributed by atoms with Crippen LogP contribution in [0.1, 0.15) is 23.7 Å². The maximum Gasteiger partial charge on any atom is 0.295 e. The first-order chi connectivity index (χ1) is 16.1. The summed E-state index contributed by atoms with van der Waals surface area (Å²) in [6, 6.07) is 9.45. The Hall–Kier alpha value is -4.14. The molecule has 0 saturated carbocycles. The topological polar surface area (TPSA) is 107 Å². The fourth-order valence-electron chi connectivity index (χ4n) is 4.14. The second-order valence-corrected chi connectivity index (χ2v) is 7.76. The lowest BCUT2D eigenvalue weighted by molar-refractivity contribution is -0.140. The molecule has 1 N–H and O–H groups in total. The molecule has 33 heavy (non-hydrogen) atoms. The summed E-state index contributed by atoms with van der Waals surface area (Å²) in [5, 5.41) is 11.2. The third-order valence-corrected chi connectivity index (χ3v) is 5.70. The van der Waals surface area contributed by atoms with Crippen molar-refractivity contribution in [1.82, 2.24) is 19.4 Å². The van der Waals surface area contributed by atoms with Crippen LogP contribution in [0.25, 0.3) is 5.76 Å². The van der Waals surface area contributed by atoms with Gasteiger partial charge in [-0.3, -0.25) is 14.6 Å². The van der Waals surface area contributed by atoms with E-state index in [9.17, 15) is 14.7 Å². The van der Waals surface area contributed by atoms with E-state index < -0.39 is 17.7 Å². The molecule has 1 aromatic carbocycles. The lowest BCUT2D eigenvalue weighted by Crippen LogP contribution is -2.31. The highest BCUT2D eigenvalue weighted by Gasteiger charge is 2.46. The predicted molar refractivity (Wildman–Crippen MR) is 118 cm³/mol. The Labute approximate surface area is 189 Å². The van der Waals surface area contributed by atoms with Crippen LogP contribution in [0.2, 0.25) is 0 Å². The van der Waals surface area contributed by atoms with E-state index in [0.29, 0.717) is 55.5 Å². The minimum atomic E-state index is -0.790. The number of nitrogens with zero attached hydrogens (tertiary/aromatic N) is 4. The third kappa shape index (κ3) is 3.93. The molecular formula is C24H22N4O5. The summed E-state index contributed by atoms with van der Waals surface area (Å²) in [6.07, 6.45) is 7.44. The van der Waals surface area contributed by atoms with Gasteiger partial charge in [0, 0.05) is 37.2 Å². The molecule has 168 valence electrons. The molecular weight excluding hydrogens is 424 g/mol. The Morgan fingerprint density at radius 1 is 1.06 bits per heavy atom. The molecule has 0 aliphatic carbocycles. The van der Waals surface area contributed by atoms with Crippen molar-refractivity contribution in [1.29, 1.82) is 0 Å². The number of amides is 1. The van der Waals surface area contributed by atoms with Gasteiger partial charge in [0.2, 0.25) is 0 Å². The van der Waals surface area contributed by atoms with E-state index in [2.05, 4.69) is 9.97 Å². The summed E-state index contributed by atoms with van der Waals surface area (Å²) in [7, 11) is 0. The van der Waals surface area contributed by atoms with Gasteiger partial charge in [-0.1, -0.05) is 6.07 Å². The molecule has 1 amide bonds. The molecule has 0 radical (unpaired) electrons. The van der Waals surface area contributed by atoms with Crippen LogP contribution in [0.5, 0.6) is 11.5 Å². The van der Waals surface area contributed by atoms with E-state index >= 15 is 0 Å². The molecule has 1 fully saturated rings. The maximum absolute atomic E-state index is 13.1. The van der Waals surface area contributed by atoms with Crippen molar-refractivity contribution in [3.8, 4) is 11.5 Å². The first-order valence-electron chi connectivity index (χ1n) is 10.7. The number of aryl methyl sites for hydroxylation is 1. The number of aliphatic hydroxyl groups excluding tert-OH is 1. The van der Waals surface area contributed by atoms with Gasteiger partial charge < -0.3 is 24.0 Å². The van der Waals surface area contributed by atoms with Gasteiger partial charge in [0.05, 0.1) is 17.6 Å². The number of pyridine rings is 1. The Bertz CT molecular complexity index is 1210. The van der Waals surface area contributed by atoms with Gasteiger partial charge in [-0.15, -0.1) is 0 Å². The predicted octanol–water partition coefficient (Wildman–Crippen LogP) is 2.56. The summed E-state index contributed by atoms with van der Waals surface area (Å²) in [5.41, 5.74) is 0.896. The standard InChI is InChI=1S/C24H22N4O5/c29-22(16-5-6-18-19(14-16)33-13-12-32-18)20-21(17-4-1-2-7-26-17)28(24(31)23(20)30)10-3-9-27-11-8-25-15-27/h1-2,4-8,11,14-15,21,29H,3,9-10,12-13H2/t21-/m0/s1. The zero-order valence-corrected chi connectivity index (χ0v) is 17.8. The quantitative estimate of drug-likeness (QED) is 0.352. The molecule has 9 nitrogen and oxygen atoms in total. The van der Waals surface area contributed by atoms with E-state index in [1.54, 1.807) is 55.1 Å². The average molecular weight is 446 g/mol. The number of ether oxygens (including phenoxy) is 2. The SMILES string of the molecule is O=C1C(=O)N(CCCn2ccnc2)[C@@H](c2ccccn2)C1=C(O)c1ccc2c(c1)OCCO2. The molecule has 5 rings (SSSR count). The second kappa shape index (κ2) is 8.78. The Kier molecular flexibility index (Phi) is 5.52. The van der Waals surface area contributed by atoms with E-state index in [-0.39, 0.29) is 11.3 Å². The monoisotopic (exact) mass is 446 g/mol. The molecule has 1 saturated heterocycles. The Balaban J connectivity index is 1.52. The van der Waals surface area contributed by atoms with Crippen molar-refractivity contribution in [2.75, 3.05) is 19.8 Å². The van der Waals surface area contributed by atoms with Crippen molar-refractivity contribution in [3.63, 3.8) is 0 Å². The maximum atomic E-state index is 13.1. The summed E-state index contributed by atoms with van der Waals surface area (Å²) in [4.78, 5) is 36.0. The Morgan fingerprint density at radius 2 is 1.91 bits per heavy atom. The minimum absolute atomic E-state index is 0.0120. The van der Waals surface area contributed by atoms with Gasteiger partial charge in [0.25, 0.3) is 11.7 Å². The first-order valence-corrected chi connectivity index (χ1v) is 10.7. The number of rotatable bonds is 6. The normalized spacial score (nSPS) is 19.2. The first kappa shape index (κ1) is 20.7. The number of ketones is 1. The van der Waals surface area contributed by atoms with Gasteiger partial charge in [-0.25, -0.2) is 4.98 Å². The van der Waals surface area contributed by atoms with E-state index in [1.807, 2.05) is 10.8 Å². The molecule has 4 heterocycles. The number of fused-ring (bicyclic) bond motifs is 1. The largest absolute Gasteiger partial charge is 0.507 e. The van der Waals surface area contributed by atoms with Crippen molar-refractivity contribution in [2.24, 2.45) is 0 Å². The number of hydrogen-bond donors (Lipinski definition) is 1. The molecule has 2 aliphatic heterocycles. The zero-order chi connectivity index (χ0) is 22.8. The van der Waals surface area contributed by atoms with Gasteiger partial charge in [-0.2, -0.15) is 0 Å². The van der Waals surface area contributed by atoms with Crippen LogP contribution in [0.15, 0.2) is 66.9 Å². The van der Waals surface area contributed by atoms with Crippen LogP contribution in [-0.2, 0) is 16.1 Å². The lowest BCUT2D eigenvalue weighted by atomic mass is 9.98. The number of imidazole rings is 1. The molecule has 2 aromatic heterocycles. The van der Waals surface area contributed by atoms with E-state index in [0.717, 1.165) is 0 Å². The van der Waals surface area contributed by atoms with Crippen LogP contribution in [0.3, 0.4) is 0 Å². The van der Waals surface area contributed by atoms with Gasteiger partial charge in [0.1, 0.15) is 25.0 Å². The van der Waals surface area contributed by atoms with E-state index in [4.69, 9.17) is 9.47 Å². The molecule has 1 atom stereocenters. The average Bonchev–Trinajstić information content (AvgIpc) is 3.46. The zero-order valence-electron chi connectivity index (χ0n) is 17.8. The number of benzene rings is 1. The summed E-state index contributed by atoms with van der Waals surface area (Å²) >= 11 is 0. The molecule has 9 heteroatoms. The third-order valence-electron chi connectivity index (χ3n) is 5.70. The highest BCUT2D eigenvalue weighted by Crippen LogP contribution is 2.40. The number of likely N-dealkylation sites (tertiary alicyclic amines) is 1. The number of hydrogen-bond acceptors (Lipinski definition) is 7. The fraction of sp³-hybridized carbons (Fsp3) is 0.250. The van der Waals surface area contributed by atoms with Gasteiger partial charge in [-0.05, 0) is 36.8 Å². The number of Topliss-reactive ketones (excluding diaryl/α,β-unsaturated/α-hetero) is 1. The Morgan fingerprint density at radius 3 is 2.67 bits per heavy atom. The summed E-state index contributed by atoms with van der Waals surface area (Å²) in [5.74, 6) is -0.609. The highest BCUT2D eigenvalue weighted by atomic mass is 16.6. The highest BCUT2D eigenvalue weighted by molar-refractivity contribution is 6.46. The van der Waals surface area contributed by atoms with Crippen LogP contribution in [-0.4, -0.2) is 56.0 Å². The van der Waals surface area contributed by atoms with Crippen molar-refractivity contribution in [3.05, 3.63) is 78.1 Å². The smallest absolute Gasteiger partial charge is 0.295 e. The molecule has 2 aliphatic rings. The minimum Gasteiger partial charge on any atom is -0.507 e. The van der Waals surface area contributed by atoms with E-state index in [1.165, 1.54) is 4.90 Å². The lowest BCUT2D eigenvalue weighted by Gasteiger charge is -2.24. The van der Waals surface area contributed by atoms with Crippen molar-refractivity contribution < 1.29 is 24.2 Å². The van der Waals surface area contributed by atoms with Crippen LogP contribution in [0.4, 0.5) is 0 Å². The van der Waals surface area contributed by atoms with Crippen molar-refractivity contribution >= 4 is 17.4 Å². The van der Waals surface area contributed by atoms with Crippen LogP contribution < -0.4 is 9.47 Å². The molecule has 3 aromatic rings. The van der Waals surface area contributed by atoms with Crippen LogP contribution in [0, 0.1) is 0 Å². The summed E-state index contributed by atoms with van der Waals surface area (Å²) in [6.45, 7) is 1.80. The number of aliphatic hydroxyl groups is 1. The molecule has 0 spiro atoms. The summed E-state index contributed by atoms with van der Waals surface area (Å²) < 4.78 is 13.0. The number of carbonyl (C=O) groups is 2. The fourth-order valence-corrected chi connectivity index (χ4v) is 4.14. The van der Waals surface area contributed by atoms with Crippen molar-refractivity contribution in [2.45, 2.75) is 19.0 Å².